The van der Waals surface area contributed by atoms with Gasteiger partial charge in [0.25, 0.3) is 5.56 Å². The maximum Gasteiger partial charge on any atom is 0.332 e. The predicted molar refractivity (Wildman–Crippen MR) is 91.6 cm³/mol. The third kappa shape index (κ3) is 1.85. The van der Waals surface area contributed by atoms with Crippen molar-refractivity contribution in [2.24, 2.45) is 14.1 Å². The van der Waals surface area contributed by atoms with Gasteiger partial charge in [0.05, 0.1) is 17.2 Å². The van der Waals surface area contributed by atoms with Crippen LogP contribution in [0.3, 0.4) is 0 Å². The summed E-state index contributed by atoms with van der Waals surface area (Å²) >= 11 is 1.57. The number of hydrogen-bond donors (Lipinski definition) is 1. The number of aliphatic hydroxyl groups excluding tert-OH is 1. The lowest BCUT2D eigenvalue weighted by Gasteiger charge is -2.05. The van der Waals surface area contributed by atoms with Crippen LogP contribution >= 0.6 is 11.3 Å². The second-order valence-corrected chi connectivity index (χ2v) is 6.47. The first-order valence-electron chi connectivity index (χ1n) is 7.36. The zero-order valence-electron chi connectivity index (χ0n) is 13.1. The van der Waals surface area contributed by atoms with Crippen LogP contribution in [-0.4, -0.2) is 34.8 Å². The maximum atomic E-state index is 12.6. The van der Waals surface area contributed by atoms with E-state index in [9.17, 15) is 14.7 Å². The zero-order chi connectivity index (χ0) is 17.0. The molecule has 0 aliphatic rings. The fourth-order valence-corrected chi connectivity index (χ4v) is 3.70. The summed E-state index contributed by atoms with van der Waals surface area (Å²) in [6, 6.07) is 3.92. The minimum absolute atomic E-state index is 0.0527. The SMILES string of the molecule is Cn1c(=O)c2c(nc3n(CCO)c(-c4cccs4)cn23)n(C)c1=O. The van der Waals surface area contributed by atoms with Crippen LogP contribution in [-0.2, 0) is 20.6 Å². The smallest absolute Gasteiger partial charge is 0.332 e. The third-order valence-corrected chi connectivity index (χ3v) is 5.05. The van der Waals surface area contributed by atoms with Crippen LogP contribution in [0, 0.1) is 0 Å². The minimum Gasteiger partial charge on any atom is -0.395 e. The first-order chi connectivity index (χ1) is 11.5. The summed E-state index contributed by atoms with van der Waals surface area (Å²) in [4.78, 5) is 30.2. The Bertz CT molecular complexity index is 1180. The molecule has 0 aromatic carbocycles. The topological polar surface area (TPSA) is 86.5 Å². The van der Waals surface area contributed by atoms with Gasteiger partial charge in [-0.2, -0.15) is 4.98 Å². The van der Waals surface area contributed by atoms with Gasteiger partial charge < -0.3 is 9.67 Å². The molecule has 0 aliphatic carbocycles. The fourth-order valence-electron chi connectivity index (χ4n) is 2.96. The van der Waals surface area contributed by atoms with Gasteiger partial charge in [0.2, 0.25) is 5.78 Å². The summed E-state index contributed by atoms with van der Waals surface area (Å²) < 4.78 is 5.99. The lowest BCUT2D eigenvalue weighted by atomic mass is 10.3. The first-order valence-corrected chi connectivity index (χ1v) is 8.24. The van der Waals surface area contributed by atoms with Gasteiger partial charge in [-0.25, -0.2) is 4.79 Å². The summed E-state index contributed by atoms with van der Waals surface area (Å²) in [5, 5.41) is 11.4. The summed E-state index contributed by atoms with van der Waals surface area (Å²) in [5.41, 5.74) is 0.755. The second kappa shape index (κ2) is 5.18. The van der Waals surface area contributed by atoms with Gasteiger partial charge >= 0.3 is 5.69 Å². The number of aromatic nitrogens is 5. The van der Waals surface area contributed by atoms with E-state index in [-0.39, 0.29) is 12.2 Å². The number of aryl methyl sites for hydroxylation is 1. The minimum atomic E-state index is -0.416. The molecular weight excluding hydrogens is 330 g/mol. The largest absolute Gasteiger partial charge is 0.395 e. The second-order valence-electron chi connectivity index (χ2n) is 5.53. The molecule has 4 aromatic rings. The van der Waals surface area contributed by atoms with E-state index in [2.05, 4.69) is 4.98 Å². The molecule has 0 saturated heterocycles. The number of imidazole rings is 2. The number of thiophene rings is 1. The van der Waals surface area contributed by atoms with Gasteiger partial charge in [-0.05, 0) is 11.4 Å². The molecule has 4 heterocycles. The van der Waals surface area contributed by atoms with Gasteiger partial charge in [-0.15, -0.1) is 11.3 Å². The number of rotatable bonds is 3. The Labute approximate surface area is 139 Å². The number of aliphatic hydroxyl groups is 1. The molecule has 4 aromatic heterocycles. The molecule has 0 spiro atoms. The van der Waals surface area contributed by atoms with Gasteiger partial charge in [0, 0.05) is 26.8 Å². The normalized spacial score (nSPS) is 11.8. The van der Waals surface area contributed by atoms with Gasteiger partial charge in [0.1, 0.15) is 0 Å². The molecule has 9 heteroatoms. The van der Waals surface area contributed by atoms with Crippen molar-refractivity contribution in [3.05, 3.63) is 44.5 Å². The van der Waals surface area contributed by atoms with Crippen LogP contribution in [0.15, 0.2) is 33.3 Å². The summed E-state index contributed by atoms with van der Waals surface area (Å²) in [6.07, 6.45) is 1.83. The Morgan fingerprint density at radius 3 is 2.71 bits per heavy atom. The summed E-state index contributed by atoms with van der Waals surface area (Å²) in [5.74, 6) is 0.528. The highest BCUT2D eigenvalue weighted by atomic mass is 32.1. The van der Waals surface area contributed by atoms with E-state index in [0.717, 1.165) is 15.1 Å². The molecule has 4 rings (SSSR count). The van der Waals surface area contributed by atoms with Crippen molar-refractivity contribution >= 4 is 28.3 Å². The Morgan fingerprint density at radius 1 is 1.25 bits per heavy atom. The molecule has 0 aliphatic heterocycles. The van der Waals surface area contributed by atoms with E-state index in [4.69, 9.17) is 0 Å². The highest BCUT2D eigenvalue weighted by Gasteiger charge is 2.20. The maximum absolute atomic E-state index is 12.6. The van der Waals surface area contributed by atoms with E-state index in [1.807, 2.05) is 28.3 Å². The summed E-state index contributed by atoms with van der Waals surface area (Å²) in [7, 11) is 3.04. The molecule has 8 nitrogen and oxygen atoms in total. The number of hydrogen-bond acceptors (Lipinski definition) is 5. The van der Waals surface area contributed by atoms with Crippen LogP contribution in [0.1, 0.15) is 0 Å². The van der Waals surface area contributed by atoms with Gasteiger partial charge in [-0.3, -0.25) is 18.3 Å². The highest BCUT2D eigenvalue weighted by molar-refractivity contribution is 7.13. The third-order valence-electron chi connectivity index (χ3n) is 4.15. The number of nitrogens with zero attached hydrogens (tertiary/aromatic N) is 5. The van der Waals surface area contributed by atoms with Crippen LogP contribution < -0.4 is 11.2 Å². The standard InChI is InChI=1S/C15H15N5O3S/c1-17-12-11(13(22)18(2)15(17)23)20-8-9(10-4-3-7-24-10)19(5-6-21)14(20)16-12/h3-4,7-8,21H,5-6H2,1-2H3. The summed E-state index contributed by atoms with van der Waals surface area (Å²) in [6.45, 7) is 0.296. The van der Waals surface area contributed by atoms with Gasteiger partial charge in [0.15, 0.2) is 11.2 Å². The van der Waals surface area contributed by atoms with Crippen molar-refractivity contribution in [2.75, 3.05) is 6.61 Å². The van der Waals surface area contributed by atoms with Crippen molar-refractivity contribution in [2.45, 2.75) is 6.54 Å². The Morgan fingerprint density at radius 2 is 2.04 bits per heavy atom. The first kappa shape index (κ1) is 14.9. The van der Waals surface area contributed by atoms with Crippen LogP contribution in [0.4, 0.5) is 0 Å². The molecule has 0 amide bonds. The van der Waals surface area contributed by atoms with Crippen molar-refractivity contribution in [1.29, 1.82) is 0 Å². The predicted octanol–water partition coefficient (Wildman–Crippen LogP) is 0.407. The Hall–Kier alpha value is -2.65. The average molecular weight is 345 g/mol. The van der Waals surface area contributed by atoms with E-state index >= 15 is 0 Å². The molecule has 1 N–H and O–H groups in total. The van der Waals surface area contributed by atoms with Crippen LogP contribution in [0.5, 0.6) is 0 Å². The molecule has 0 saturated carbocycles. The van der Waals surface area contributed by atoms with E-state index in [1.165, 1.54) is 11.6 Å². The quantitative estimate of drug-likeness (QED) is 0.583. The van der Waals surface area contributed by atoms with Crippen molar-refractivity contribution in [1.82, 2.24) is 23.1 Å². The van der Waals surface area contributed by atoms with E-state index in [0.29, 0.717) is 23.5 Å². The molecule has 0 fully saturated rings. The van der Waals surface area contributed by atoms with Crippen LogP contribution in [0.2, 0.25) is 0 Å². The lowest BCUT2D eigenvalue weighted by molar-refractivity contribution is 0.278. The molecule has 24 heavy (non-hydrogen) atoms. The number of fused-ring (bicyclic) bond motifs is 3. The van der Waals surface area contributed by atoms with Crippen LogP contribution in [0.25, 0.3) is 27.5 Å². The average Bonchev–Trinajstić information content (AvgIpc) is 3.27. The van der Waals surface area contributed by atoms with E-state index < -0.39 is 5.69 Å². The van der Waals surface area contributed by atoms with E-state index in [1.54, 1.807) is 22.8 Å². The monoisotopic (exact) mass is 345 g/mol. The Kier molecular flexibility index (Phi) is 3.22. The highest BCUT2D eigenvalue weighted by Crippen LogP contribution is 2.28. The molecular formula is C15H15N5O3S. The molecule has 0 atom stereocenters. The molecule has 0 radical (unpaired) electrons. The lowest BCUT2D eigenvalue weighted by Crippen LogP contribution is -2.37. The molecule has 124 valence electrons. The molecule has 0 unspecified atom stereocenters. The Balaban J connectivity index is 2.19. The zero-order valence-corrected chi connectivity index (χ0v) is 13.9. The molecule has 0 bridgehead atoms. The van der Waals surface area contributed by atoms with Crippen molar-refractivity contribution in [3.8, 4) is 10.6 Å². The fraction of sp³-hybridized carbons (Fsp3) is 0.267. The van der Waals surface area contributed by atoms with Crippen molar-refractivity contribution < 1.29 is 5.11 Å². The van der Waals surface area contributed by atoms with Crippen molar-refractivity contribution in [3.63, 3.8) is 0 Å². The van der Waals surface area contributed by atoms with Gasteiger partial charge in [-0.1, -0.05) is 6.07 Å².